The zero-order valence-electron chi connectivity index (χ0n) is 38.0. The molecule has 0 unspecified atom stereocenters. The van der Waals surface area contributed by atoms with Crippen LogP contribution in [0.1, 0.15) is 30.0 Å². The van der Waals surface area contributed by atoms with Gasteiger partial charge < -0.3 is 19.6 Å². The lowest BCUT2D eigenvalue weighted by atomic mass is 9.88. The summed E-state index contributed by atoms with van der Waals surface area (Å²) in [6.07, 6.45) is 0.968. The second-order valence-corrected chi connectivity index (χ2v) is 16.9. The molecule has 10 heteroatoms. The Labute approximate surface area is 393 Å². The van der Waals surface area contributed by atoms with E-state index >= 15 is 0 Å². The predicted molar refractivity (Wildman–Crippen MR) is 276 cm³/mol. The molecule has 8 bridgehead atoms. The Morgan fingerprint density at radius 2 is 0.765 bits per heavy atom. The lowest BCUT2D eigenvalue weighted by Gasteiger charge is -2.17. The van der Waals surface area contributed by atoms with Crippen LogP contribution in [0.4, 0.5) is 0 Å². The molecule has 0 fully saturated rings. The number of nitrogens with zero attached hydrogens (tertiary/aromatic N) is 7. The Hall–Kier alpha value is -8.60. The highest BCUT2D eigenvalue weighted by Crippen LogP contribution is 2.38. The quantitative estimate of drug-likeness (QED) is 0.145. The van der Waals surface area contributed by atoms with E-state index < -0.39 is 0 Å². The van der Waals surface area contributed by atoms with Crippen molar-refractivity contribution in [2.24, 2.45) is 0 Å². The second-order valence-electron chi connectivity index (χ2n) is 16.9. The van der Waals surface area contributed by atoms with E-state index in [9.17, 15) is 0 Å². The molecule has 7 aromatic carbocycles. The van der Waals surface area contributed by atoms with Gasteiger partial charge in [-0.15, -0.1) is 0 Å². The molecule has 3 aromatic heterocycles. The highest BCUT2D eigenvalue weighted by molar-refractivity contribution is 6.06. The Balaban J connectivity index is 0.000000160. The molecule has 330 valence electrons. The minimum Gasteiger partial charge on any atom is -0.492 e. The Morgan fingerprint density at radius 3 is 1.15 bits per heavy atom. The minimum absolute atomic E-state index is 0.597. The van der Waals surface area contributed by atoms with Crippen molar-refractivity contribution in [2.75, 3.05) is 27.2 Å². The highest BCUT2D eigenvalue weighted by atomic mass is 16.5. The van der Waals surface area contributed by atoms with Gasteiger partial charge in [0.25, 0.3) is 0 Å². The number of benzene rings is 7. The molecule has 2 aliphatic rings. The van der Waals surface area contributed by atoms with Crippen LogP contribution in [-0.2, 0) is 0 Å². The number of hydrogen-bond donors (Lipinski definition) is 2. The number of ether oxygens (including phenoxy) is 1. The standard InChI is InChI=1S/C32H18N8.C26H29NO/c1-2-10-18-17(9-1)25-33-26(18)38-28-21-13-5-6-14-22(21)30(35-28)40-32-24-16-8-7-15-23(24)31(36-32)39-29-20-12-4-3-11-19(20)27(34-29)37-25;1-4-25(21-11-7-5-8-12-21)26(22-13-9-6-10-14-22)23-15-17-24(18-16-23)28-20-19-27(2)3/h1-16H,(H2,33,34,35,36,37,38,39,40);5-18H,4,19-20H2,1-3H3/b;26-25-. The smallest absolute Gasteiger partial charge is 0.164 e. The molecule has 2 N–H and O–H groups in total. The summed E-state index contributed by atoms with van der Waals surface area (Å²) in [6.45, 7) is 3.83. The predicted octanol–water partition coefficient (Wildman–Crippen LogP) is 12.9. The molecule has 0 saturated carbocycles. The lowest BCUT2D eigenvalue weighted by Crippen LogP contribution is -2.19. The monoisotopic (exact) mass is 885 g/mol. The number of aromatic nitrogens is 8. The van der Waals surface area contributed by atoms with Crippen molar-refractivity contribution in [1.29, 1.82) is 0 Å². The SMILES string of the molecule is CC/C(=C(\c1ccccc1)c1ccc(OCCN(C)C)cc1)c1ccccc1.c1ccc2c(c1)-c1nc-2nc2[nH]c(nc3nc(nc4[nH]c(n1)c1ccccc41)-c1ccccc1-3)c1ccccc21. The third-order valence-corrected chi connectivity index (χ3v) is 12.3. The van der Waals surface area contributed by atoms with Gasteiger partial charge in [0, 0.05) is 50.3 Å². The third kappa shape index (κ3) is 8.18. The zero-order valence-corrected chi connectivity index (χ0v) is 38.0. The fraction of sp³-hybridized carbons (Fsp3) is 0.103. The number of nitrogens with one attached hydrogen (secondary N) is 2. The second kappa shape index (κ2) is 18.4. The van der Waals surface area contributed by atoms with E-state index in [0.29, 0.717) is 52.5 Å². The van der Waals surface area contributed by atoms with Crippen molar-refractivity contribution in [3.05, 3.63) is 199 Å². The summed E-state index contributed by atoms with van der Waals surface area (Å²) >= 11 is 0. The summed E-state index contributed by atoms with van der Waals surface area (Å²) in [5.41, 5.74) is 12.8. The van der Waals surface area contributed by atoms with Crippen LogP contribution in [0.2, 0.25) is 0 Å². The maximum atomic E-state index is 5.87. The molecule has 5 heterocycles. The molecule has 0 amide bonds. The number of H-pyrrole nitrogens is 2. The molecule has 12 rings (SSSR count). The van der Waals surface area contributed by atoms with Crippen molar-refractivity contribution in [3.8, 4) is 51.3 Å². The zero-order chi connectivity index (χ0) is 46.0. The number of hydrogen-bond acceptors (Lipinski definition) is 8. The van der Waals surface area contributed by atoms with E-state index in [4.69, 9.17) is 34.6 Å². The molecule has 10 aromatic rings. The van der Waals surface area contributed by atoms with Crippen molar-refractivity contribution >= 4 is 55.3 Å². The van der Waals surface area contributed by atoms with E-state index in [2.05, 4.69) is 121 Å². The van der Waals surface area contributed by atoms with Crippen molar-refractivity contribution in [3.63, 3.8) is 0 Å². The largest absolute Gasteiger partial charge is 0.492 e. The number of fused-ring (bicyclic) bond motifs is 20. The third-order valence-electron chi connectivity index (χ3n) is 12.3. The van der Waals surface area contributed by atoms with Crippen LogP contribution in [-0.4, -0.2) is 72.0 Å². The molecule has 0 saturated heterocycles. The molecule has 68 heavy (non-hydrogen) atoms. The molecular weight excluding hydrogens is 839 g/mol. The summed E-state index contributed by atoms with van der Waals surface area (Å²) in [6, 6.07) is 62.1. The first-order valence-electron chi connectivity index (χ1n) is 22.9. The van der Waals surface area contributed by atoms with Crippen LogP contribution in [0.3, 0.4) is 0 Å². The van der Waals surface area contributed by atoms with E-state index in [1.165, 1.54) is 27.8 Å². The number of rotatable bonds is 8. The van der Waals surface area contributed by atoms with Gasteiger partial charge in [0.2, 0.25) is 0 Å². The van der Waals surface area contributed by atoms with Crippen molar-refractivity contribution in [2.45, 2.75) is 13.3 Å². The van der Waals surface area contributed by atoms with Gasteiger partial charge in [-0.05, 0) is 60.5 Å². The molecule has 0 radical (unpaired) electrons. The van der Waals surface area contributed by atoms with Crippen molar-refractivity contribution in [1.82, 2.24) is 44.8 Å². The van der Waals surface area contributed by atoms with Crippen LogP contribution in [0.15, 0.2) is 182 Å². The van der Waals surface area contributed by atoms with Crippen LogP contribution >= 0.6 is 0 Å². The first-order valence-corrected chi connectivity index (χ1v) is 22.9. The first kappa shape index (κ1) is 42.1. The van der Waals surface area contributed by atoms with E-state index in [1.807, 2.05) is 97.1 Å². The van der Waals surface area contributed by atoms with Crippen LogP contribution in [0.5, 0.6) is 5.75 Å². The maximum Gasteiger partial charge on any atom is 0.164 e. The van der Waals surface area contributed by atoms with Gasteiger partial charge in [-0.3, -0.25) is 0 Å². The molecular formula is C58H47N9O. The number of aromatic amines is 2. The molecule has 0 atom stereocenters. The fourth-order valence-electron chi connectivity index (χ4n) is 8.94. The Kier molecular flexibility index (Phi) is 11.4. The van der Waals surface area contributed by atoms with Gasteiger partial charge in [0.05, 0.1) is 0 Å². The Morgan fingerprint density at radius 1 is 0.412 bits per heavy atom. The molecule has 2 aliphatic heterocycles. The van der Waals surface area contributed by atoms with Gasteiger partial charge in [0.1, 0.15) is 34.9 Å². The van der Waals surface area contributed by atoms with Gasteiger partial charge in [0.15, 0.2) is 23.3 Å². The van der Waals surface area contributed by atoms with Crippen LogP contribution < -0.4 is 4.74 Å². The van der Waals surface area contributed by atoms with Gasteiger partial charge in [-0.1, -0.05) is 177 Å². The van der Waals surface area contributed by atoms with Crippen molar-refractivity contribution < 1.29 is 4.74 Å². The summed E-state index contributed by atoms with van der Waals surface area (Å²) in [4.78, 5) is 38.9. The summed E-state index contributed by atoms with van der Waals surface area (Å²) in [7, 11) is 4.11. The first-order chi connectivity index (χ1) is 33.5. The van der Waals surface area contributed by atoms with E-state index in [1.54, 1.807) is 0 Å². The number of allylic oxidation sites excluding steroid dienone is 1. The summed E-state index contributed by atoms with van der Waals surface area (Å²) in [5.74, 6) is 3.30. The van der Waals surface area contributed by atoms with Gasteiger partial charge >= 0.3 is 0 Å². The normalized spacial score (nSPS) is 12.0. The Bertz CT molecular complexity index is 3350. The van der Waals surface area contributed by atoms with Crippen LogP contribution in [0.25, 0.3) is 101 Å². The molecule has 0 aliphatic carbocycles. The topological polar surface area (TPSA) is 121 Å². The summed E-state index contributed by atoms with van der Waals surface area (Å²) < 4.78 is 5.87. The lowest BCUT2D eigenvalue weighted by molar-refractivity contribution is 0.261. The maximum absolute atomic E-state index is 5.87. The van der Waals surface area contributed by atoms with E-state index in [-0.39, 0.29) is 0 Å². The van der Waals surface area contributed by atoms with Gasteiger partial charge in [-0.2, -0.15) is 0 Å². The number of likely N-dealkylation sites (N-methyl/N-ethyl adjacent to an activating group) is 1. The average molecular weight is 886 g/mol. The highest BCUT2D eigenvalue weighted by Gasteiger charge is 2.22. The average Bonchev–Trinajstić information content (AvgIpc) is 4.12. The van der Waals surface area contributed by atoms with Gasteiger partial charge in [-0.25, -0.2) is 29.9 Å². The summed E-state index contributed by atoms with van der Waals surface area (Å²) in [5, 5.41) is 3.82. The fourth-order valence-corrected chi connectivity index (χ4v) is 8.94. The van der Waals surface area contributed by atoms with E-state index in [0.717, 1.165) is 62.5 Å². The molecule has 10 nitrogen and oxygen atoms in total. The van der Waals surface area contributed by atoms with Crippen LogP contribution in [0, 0.1) is 0 Å². The molecule has 0 spiro atoms. The minimum atomic E-state index is 0.597.